The fraction of sp³-hybridized carbons (Fsp3) is 0.238. The minimum Gasteiger partial charge on any atom is -0.486 e. The summed E-state index contributed by atoms with van der Waals surface area (Å²) in [5, 5.41) is 6.00. The Morgan fingerprint density at radius 2 is 1.82 bits per heavy atom. The first-order valence-corrected chi connectivity index (χ1v) is 9.29. The quantitative estimate of drug-likeness (QED) is 0.746. The lowest BCUT2D eigenvalue weighted by Crippen LogP contribution is -2.29. The average Bonchev–Trinajstić information content (AvgIpc) is 2.66. The molecule has 0 bridgehead atoms. The molecule has 28 heavy (non-hydrogen) atoms. The Hall–Kier alpha value is -2.99. The highest BCUT2D eigenvalue weighted by Gasteiger charge is 2.16. The standard InChI is InChI=1S/C21H21ClN2O4/c1-13(2)23-21(26)15-4-6-16(7-5-15)24-19(25)8-3-14-11-17(22)20-18(12-14)27-9-10-28-20/h3-8,11-13H,9-10H2,1-2H3,(H,23,26)(H,24,25). The van der Waals surface area contributed by atoms with Gasteiger partial charge in [-0.25, -0.2) is 0 Å². The fourth-order valence-corrected chi connectivity index (χ4v) is 2.91. The molecule has 146 valence electrons. The second kappa shape index (κ2) is 8.80. The second-order valence-electron chi connectivity index (χ2n) is 6.56. The first-order chi connectivity index (χ1) is 13.4. The van der Waals surface area contributed by atoms with Gasteiger partial charge in [0.15, 0.2) is 11.5 Å². The molecule has 1 aliphatic heterocycles. The molecule has 0 aliphatic carbocycles. The number of hydrogen-bond donors (Lipinski definition) is 2. The van der Waals surface area contributed by atoms with Crippen LogP contribution in [-0.4, -0.2) is 31.1 Å². The molecule has 1 aliphatic rings. The van der Waals surface area contributed by atoms with Gasteiger partial charge in [0.1, 0.15) is 13.2 Å². The van der Waals surface area contributed by atoms with E-state index in [0.717, 1.165) is 5.56 Å². The Morgan fingerprint density at radius 3 is 2.54 bits per heavy atom. The molecule has 2 amide bonds. The third-order valence-corrected chi connectivity index (χ3v) is 4.16. The molecule has 2 N–H and O–H groups in total. The zero-order valence-electron chi connectivity index (χ0n) is 15.6. The van der Waals surface area contributed by atoms with E-state index < -0.39 is 0 Å². The van der Waals surface area contributed by atoms with Crippen LogP contribution in [0.1, 0.15) is 29.8 Å². The number of halogens is 1. The molecular weight excluding hydrogens is 380 g/mol. The number of fused-ring (bicyclic) bond motifs is 1. The summed E-state index contributed by atoms with van der Waals surface area (Å²) in [4.78, 5) is 24.1. The van der Waals surface area contributed by atoms with Crippen molar-refractivity contribution in [2.24, 2.45) is 0 Å². The van der Waals surface area contributed by atoms with Gasteiger partial charge in [-0.3, -0.25) is 9.59 Å². The van der Waals surface area contributed by atoms with E-state index in [2.05, 4.69) is 10.6 Å². The van der Waals surface area contributed by atoms with Crippen molar-refractivity contribution in [2.45, 2.75) is 19.9 Å². The third-order valence-electron chi connectivity index (χ3n) is 3.88. The predicted molar refractivity (Wildman–Crippen MR) is 109 cm³/mol. The van der Waals surface area contributed by atoms with Gasteiger partial charge in [0, 0.05) is 23.4 Å². The van der Waals surface area contributed by atoms with Crippen molar-refractivity contribution in [1.82, 2.24) is 5.32 Å². The van der Waals surface area contributed by atoms with Crippen molar-refractivity contribution in [2.75, 3.05) is 18.5 Å². The number of ether oxygens (including phenoxy) is 2. The van der Waals surface area contributed by atoms with Gasteiger partial charge in [-0.05, 0) is 61.9 Å². The largest absolute Gasteiger partial charge is 0.486 e. The smallest absolute Gasteiger partial charge is 0.251 e. The van der Waals surface area contributed by atoms with Crippen molar-refractivity contribution in [3.05, 3.63) is 58.6 Å². The highest BCUT2D eigenvalue weighted by molar-refractivity contribution is 6.32. The lowest BCUT2D eigenvalue weighted by molar-refractivity contribution is -0.111. The highest BCUT2D eigenvalue weighted by Crippen LogP contribution is 2.38. The maximum atomic E-state index is 12.2. The number of anilines is 1. The number of nitrogens with one attached hydrogen (secondary N) is 2. The summed E-state index contributed by atoms with van der Waals surface area (Å²) in [6.45, 7) is 4.71. The van der Waals surface area contributed by atoms with Crippen molar-refractivity contribution < 1.29 is 19.1 Å². The number of carbonyl (C=O) groups is 2. The number of rotatable bonds is 5. The van der Waals surface area contributed by atoms with Gasteiger partial charge >= 0.3 is 0 Å². The van der Waals surface area contributed by atoms with Gasteiger partial charge < -0.3 is 20.1 Å². The summed E-state index contributed by atoms with van der Waals surface area (Å²) in [6, 6.07) is 10.2. The summed E-state index contributed by atoms with van der Waals surface area (Å²) in [6.07, 6.45) is 3.05. The van der Waals surface area contributed by atoms with Crippen molar-refractivity contribution in [1.29, 1.82) is 0 Å². The van der Waals surface area contributed by atoms with Gasteiger partial charge in [-0.1, -0.05) is 11.6 Å². The van der Waals surface area contributed by atoms with Gasteiger partial charge in [0.2, 0.25) is 5.91 Å². The van der Waals surface area contributed by atoms with E-state index in [0.29, 0.717) is 41.0 Å². The molecule has 0 saturated heterocycles. The first kappa shape index (κ1) is 19.8. The van der Waals surface area contributed by atoms with Crippen LogP contribution < -0.4 is 20.1 Å². The monoisotopic (exact) mass is 400 g/mol. The predicted octanol–water partition coefficient (Wildman–Crippen LogP) is 3.90. The molecule has 0 saturated carbocycles. The molecular formula is C21H21ClN2O4. The van der Waals surface area contributed by atoms with Crippen LogP contribution in [0.25, 0.3) is 6.08 Å². The van der Waals surface area contributed by atoms with Crippen LogP contribution in [0.4, 0.5) is 5.69 Å². The molecule has 0 atom stereocenters. The molecule has 2 aromatic carbocycles. The Labute approximate surface area is 168 Å². The van der Waals surface area contributed by atoms with E-state index >= 15 is 0 Å². The highest BCUT2D eigenvalue weighted by atomic mass is 35.5. The molecule has 0 unspecified atom stereocenters. The van der Waals surface area contributed by atoms with Crippen LogP contribution in [0.5, 0.6) is 11.5 Å². The number of hydrogen-bond acceptors (Lipinski definition) is 4. The molecule has 2 aromatic rings. The Morgan fingerprint density at radius 1 is 1.11 bits per heavy atom. The fourth-order valence-electron chi connectivity index (χ4n) is 2.63. The van der Waals surface area contributed by atoms with E-state index in [1.165, 1.54) is 6.08 Å². The average molecular weight is 401 g/mol. The Balaban J connectivity index is 1.62. The Bertz CT molecular complexity index is 907. The van der Waals surface area contributed by atoms with E-state index in [9.17, 15) is 9.59 Å². The SMILES string of the molecule is CC(C)NC(=O)c1ccc(NC(=O)C=Cc2cc(Cl)c3c(c2)OCCO3)cc1. The van der Waals surface area contributed by atoms with Crippen molar-refractivity contribution in [3.63, 3.8) is 0 Å². The molecule has 0 spiro atoms. The topological polar surface area (TPSA) is 76.7 Å². The van der Waals surface area contributed by atoms with E-state index in [-0.39, 0.29) is 17.9 Å². The van der Waals surface area contributed by atoms with Crippen LogP contribution in [-0.2, 0) is 4.79 Å². The van der Waals surface area contributed by atoms with Crippen LogP contribution >= 0.6 is 11.6 Å². The molecule has 3 rings (SSSR count). The molecule has 0 aromatic heterocycles. The first-order valence-electron chi connectivity index (χ1n) is 8.91. The third kappa shape index (κ3) is 5.04. The zero-order chi connectivity index (χ0) is 20.1. The van der Waals surface area contributed by atoms with Crippen LogP contribution in [0, 0.1) is 0 Å². The maximum absolute atomic E-state index is 12.2. The van der Waals surface area contributed by atoms with Gasteiger partial charge in [0.25, 0.3) is 5.91 Å². The Kier molecular flexibility index (Phi) is 6.21. The van der Waals surface area contributed by atoms with Crippen molar-refractivity contribution in [3.8, 4) is 11.5 Å². The maximum Gasteiger partial charge on any atom is 0.251 e. The zero-order valence-corrected chi connectivity index (χ0v) is 16.4. The number of benzene rings is 2. The molecule has 1 heterocycles. The van der Waals surface area contributed by atoms with Crippen LogP contribution in [0.3, 0.4) is 0 Å². The summed E-state index contributed by atoms with van der Waals surface area (Å²) in [5.74, 6) is 0.638. The number of carbonyl (C=O) groups excluding carboxylic acids is 2. The summed E-state index contributed by atoms with van der Waals surface area (Å²) in [5.41, 5.74) is 1.86. The molecule has 0 radical (unpaired) electrons. The van der Waals surface area contributed by atoms with E-state index in [4.69, 9.17) is 21.1 Å². The number of amides is 2. The lowest BCUT2D eigenvalue weighted by Gasteiger charge is -2.19. The van der Waals surface area contributed by atoms with Crippen molar-refractivity contribution >= 4 is 35.2 Å². The molecule has 0 fully saturated rings. The minimum absolute atomic E-state index is 0.0612. The second-order valence-corrected chi connectivity index (χ2v) is 6.96. The van der Waals surface area contributed by atoms with E-state index in [1.807, 2.05) is 13.8 Å². The van der Waals surface area contributed by atoms with Gasteiger partial charge in [0.05, 0.1) is 5.02 Å². The summed E-state index contributed by atoms with van der Waals surface area (Å²) < 4.78 is 11.0. The summed E-state index contributed by atoms with van der Waals surface area (Å²) >= 11 is 6.19. The van der Waals surface area contributed by atoms with Gasteiger partial charge in [-0.15, -0.1) is 0 Å². The normalized spacial score (nSPS) is 12.9. The molecule has 6 nitrogen and oxygen atoms in total. The molecule has 7 heteroatoms. The van der Waals surface area contributed by atoms with Crippen LogP contribution in [0.15, 0.2) is 42.5 Å². The van der Waals surface area contributed by atoms with Crippen LogP contribution in [0.2, 0.25) is 5.02 Å². The summed E-state index contributed by atoms with van der Waals surface area (Å²) in [7, 11) is 0. The van der Waals surface area contributed by atoms with Gasteiger partial charge in [-0.2, -0.15) is 0 Å². The minimum atomic E-state index is -0.301. The lowest BCUT2D eigenvalue weighted by atomic mass is 10.1. The van der Waals surface area contributed by atoms with E-state index in [1.54, 1.807) is 42.5 Å².